The van der Waals surface area contributed by atoms with Gasteiger partial charge in [0.15, 0.2) is 10.3 Å². The van der Waals surface area contributed by atoms with Gasteiger partial charge in [0.05, 0.1) is 12.6 Å². The molecular weight excluding hydrogens is 531 g/mol. The lowest BCUT2D eigenvalue weighted by Crippen LogP contribution is -2.48. The fraction of sp³-hybridized carbons (Fsp3) is 0.333. The Balaban J connectivity index is 1.71. The first-order valence-corrected chi connectivity index (χ1v) is 12.7. The molecule has 0 aliphatic heterocycles. The Hall–Kier alpha value is -3.40. The predicted molar refractivity (Wildman–Crippen MR) is 144 cm³/mol. The smallest absolute Gasteiger partial charge is 0.410 e. The van der Waals surface area contributed by atoms with Crippen molar-refractivity contribution in [3.05, 3.63) is 93.2 Å². The number of likely N-dealkylation sites (N-methyl/N-ethyl adjacent to an activating group) is 1. The van der Waals surface area contributed by atoms with Crippen molar-refractivity contribution in [2.24, 2.45) is 0 Å². The van der Waals surface area contributed by atoms with E-state index in [4.69, 9.17) is 32.7 Å². The third kappa shape index (κ3) is 8.31. The van der Waals surface area contributed by atoms with E-state index in [1.165, 1.54) is 9.80 Å². The molecule has 1 heterocycles. The van der Waals surface area contributed by atoms with Crippen LogP contribution in [0.4, 0.5) is 9.59 Å². The summed E-state index contributed by atoms with van der Waals surface area (Å²) in [5.74, 6) is 0. The molecule has 9 nitrogen and oxygen atoms in total. The Morgan fingerprint density at radius 1 is 0.868 bits per heavy atom. The molecule has 0 aliphatic rings. The van der Waals surface area contributed by atoms with E-state index in [-0.39, 0.29) is 43.0 Å². The van der Waals surface area contributed by atoms with Crippen molar-refractivity contribution < 1.29 is 24.2 Å². The molecule has 1 aromatic heterocycles. The van der Waals surface area contributed by atoms with Crippen LogP contribution in [0.25, 0.3) is 0 Å². The summed E-state index contributed by atoms with van der Waals surface area (Å²) < 4.78 is 10.9. The van der Waals surface area contributed by atoms with Crippen LogP contribution in [-0.4, -0.2) is 70.1 Å². The van der Waals surface area contributed by atoms with Crippen LogP contribution in [0.15, 0.2) is 60.7 Å². The highest BCUT2D eigenvalue weighted by Crippen LogP contribution is 2.25. The van der Waals surface area contributed by atoms with Gasteiger partial charge in [-0.1, -0.05) is 83.9 Å². The number of ether oxygens (including phenoxy) is 2. The summed E-state index contributed by atoms with van der Waals surface area (Å²) in [6.07, 6.45) is -1.05. The molecule has 202 valence electrons. The highest BCUT2D eigenvalue weighted by molar-refractivity contribution is 6.32. The fourth-order valence-corrected chi connectivity index (χ4v) is 4.06. The molecule has 0 saturated heterocycles. The van der Waals surface area contributed by atoms with Crippen molar-refractivity contribution in [1.29, 1.82) is 0 Å². The molecule has 0 saturated carbocycles. The predicted octanol–water partition coefficient (Wildman–Crippen LogP) is 4.90. The van der Waals surface area contributed by atoms with Gasteiger partial charge in [-0.15, -0.1) is 10.2 Å². The molecule has 2 aromatic carbocycles. The Morgan fingerprint density at radius 3 is 1.95 bits per heavy atom. The second-order valence-electron chi connectivity index (χ2n) is 8.62. The number of aliphatic hydroxyl groups excluding tert-OH is 1. The van der Waals surface area contributed by atoms with Gasteiger partial charge < -0.3 is 24.4 Å². The van der Waals surface area contributed by atoms with E-state index in [0.29, 0.717) is 11.1 Å². The number of carbonyl (C=O) groups excluding carboxylic acids is 2. The van der Waals surface area contributed by atoms with Crippen LogP contribution in [0, 0.1) is 6.92 Å². The minimum absolute atomic E-state index is 0.0473. The lowest BCUT2D eigenvalue weighted by molar-refractivity contribution is 0.0568. The zero-order valence-corrected chi connectivity index (χ0v) is 22.7. The minimum atomic E-state index is -0.733. The van der Waals surface area contributed by atoms with E-state index in [9.17, 15) is 14.7 Å². The zero-order chi connectivity index (χ0) is 27.5. The molecule has 3 aromatic rings. The van der Waals surface area contributed by atoms with Crippen LogP contribution >= 0.6 is 23.2 Å². The van der Waals surface area contributed by atoms with Crippen LogP contribution in [0.1, 0.15) is 22.3 Å². The fourth-order valence-electron chi connectivity index (χ4n) is 3.65. The summed E-state index contributed by atoms with van der Waals surface area (Å²) in [5.41, 5.74) is 2.83. The summed E-state index contributed by atoms with van der Waals surface area (Å²) in [5, 5.41) is 18.2. The summed E-state index contributed by atoms with van der Waals surface area (Å²) >= 11 is 12.4. The van der Waals surface area contributed by atoms with Crippen LogP contribution in [-0.2, 0) is 29.1 Å². The van der Waals surface area contributed by atoms with Gasteiger partial charge in [-0.2, -0.15) is 0 Å². The zero-order valence-electron chi connectivity index (χ0n) is 21.2. The molecule has 38 heavy (non-hydrogen) atoms. The highest BCUT2D eigenvalue weighted by atomic mass is 35.5. The van der Waals surface area contributed by atoms with Gasteiger partial charge in [-0.05, 0) is 35.6 Å². The van der Waals surface area contributed by atoms with Crippen LogP contribution < -0.4 is 0 Å². The Kier molecular flexibility index (Phi) is 11.1. The first-order chi connectivity index (χ1) is 18.3. The number of rotatable bonds is 11. The number of benzene rings is 2. The summed E-state index contributed by atoms with van der Waals surface area (Å²) in [6, 6.07) is 17.8. The first-order valence-electron chi connectivity index (χ1n) is 12.0. The highest BCUT2D eigenvalue weighted by Gasteiger charge is 2.28. The number of amides is 2. The van der Waals surface area contributed by atoms with Crippen molar-refractivity contribution in [3.63, 3.8) is 0 Å². The molecule has 0 spiro atoms. The summed E-state index contributed by atoms with van der Waals surface area (Å²) in [7, 11) is 1.57. The normalized spacial score (nSPS) is 11.5. The standard InChI is InChI=1S/C27H30Cl2N4O5/c1-19-23(25(29)31-30-24(19)28)15-22(16-34)33(27(36)38-18-21-11-7-4-8-12-21)14-13-32(2)26(35)37-17-20-9-5-3-6-10-20/h3-12,22,34H,13-18H2,1-2H3. The molecule has 11 heteroatoms. The quantitative estimate of drug-likeness (QED) is 0.355. The number of carbonyl (C=O) groups is 2. The van der Waals surface area contributed by atoms with E-state index in [1.54, 1.807) is 14.0 Å². The molecular formula is C27H30Cl2N4O5. The summed E-state index contributed by atoms with van der Waals surface area (Å²) in [6.45, 7) is 1.72. The third-order valence-corrected chi connectivity index (χ3v) is 6.62. The van der Waals surface area contributed by atoms with Gasteiger partial charge in [0.2, 0.25) is 0 Å². The maximum absolute atomic E-state index is 13.2. The van der Waals surface area contributed by atoms with E-state index in [1.807, 2.05) is 60.7 Å². The van der Waals surface area contributed by atoms with Gasteiger partial charge >= 0.3 is 12.2 Å². The number of aliphatic hydroxyl groups is 1. The molecule has 2 amide bonds. The van der Waals surface area contributed by atoms with E-state index >= 15 is 0 Å². The molecule has 0 radical (unpaired) electrons. The van der Waals surface area contributed by atoms with Crippen molar-refractivity contribution in [3.8, 4) is 0 Å². The van der Waals surface area contributed by atoms with Crippen LogP contribution in [0.2, 0.25) is 10.3 Å². The van der Waals surface area contributed by atoms with E-state index < -0.39 is 24.8 Å². The Labute approximate surface area is 231 Å². The SMILES string of the molecule is Cc1c(Cl)nnc(Cl)c1CC(CO)N(CCN(C)C(=O)OCc1ccccc1)C(=O)OCc1ccccc1. The Morgan fingerprint density at radius 2 is 1.39 bits per heavy atom. The third-order valence-electron chi connectivity index (χ3n) is 5.96. The minimum Gasteiger partial charge on any atom is -0.445 e. The van der Waals surface area contributed by atoms with Gasteiger partial charge in [0.25, 0.3) is 0 Å². The second kappa shape index (κ2) is 14.5. The first kappa shape index (κ1) is 29.2. The van der Waals surface area contributed by atoms with Crippen molar-refractivity contribution in [1.82, 2.24) is 20.0 Å². The largest absolute Gasteiger partial charge is 0.445 e. The summed E-state index contributed by atoms with van der Waals surface area (Å²) in [4.78, 5) is 28.5. The van der Waals surface area contributed by atoms with E-state index in [2.05, 4.69) is 10.2 Å². The maximum Gasteiger partial charge on any atom is 0.410 e. The average Bonchev–Trinajstić information content (AvgIpc) is 2.94. The monoisotopic (exact) mass is 560 g/mol. The van der Waals surface area contributed by atoms with Gasteiger partial charge in [0, 0.05) is 20.1 Å². The average molecular weight is 561 g/mol. The van der Waals surface area contributed by atoms with Crippen molar-refractivity contribution >= 4 is 35.4 Å². The molecule has 0 bridgehead atoms. The topological polar surface area (TPSA) is 105 Å². The van der Waals surface area contributed by atoms with Gasteiger partial charge in [-0.25, -0.2) is 9.59 Å². The second-order valence-corrected chi connectivity index (χ2v) is 9.34. The number of halogens is 2. The maximum atomic E-state index is 13.2. The molecule has 1 unspecified atom stereocenters. The van der Waals surface area contributed by atoms with Crippen molar-refractivity contribution in [2.45, 2.75) is 32.6 Å². The van der Waals surface area contributed by atoms with Crippen molar-refractivity contribution in [2.75, 3.05) is 26.7 Å². The molecule has 1 atom stereocenters. The molecule has 0 fully saturated rings. The lowest BCUT2D eigenvalue weighted by Gasteiger charge is -2.31. The lowest BCUT2D eigenvalue weighted by atomic mass is 10.0. The van der Waals surface area contributed by atoms with Gasteiger partial charge in [-0.3, -0.25) is 0 Å². The number of hydrogen-bond donors (Lipinski definition) is 1. The number of hydrogen-bond acceptors (Lipinski definition) is 7. The molecule has 3 rings (SSSR count). The number of nitrogens with zero attached hydrogens (tertiary/aromatic N) is 4. The molecule has 0 aliphatic carbocycles. The number of aromatic nitrogens is 2. The molecule has 1 N–H and O–H groups in total. The van der Waals surface area contributed by atoms with E-state index in [0.717, 1.165) is 11.1 Å². The Bertz CT molecular complexity index is 1200. The van der Waals surface area contributed by atoms with Crippen LogP contribution in [0.5, 0.6) is 0 Å². The van der Waals surface area contributed by atoms with Crippen LogP contribution in [0.3, 0.4) is 0 Å². The van der Waals surface area contributed by atoms with Gasteiger partial charge in [0.1, 0.15) is 13.2 Å².